The fourth-order valence-electron chi connectivity index (χ4n) is 10.3. The summed E-state index contributed by atoms with van der Waals surface area (Å²) in [5, 5.41) is 2.72. The van der Waals surface area contributed by atoms with E-state index in [1.807, 2.05) is 0 Å². The summed E-state index contributed by atoms with van der Waals surface area (Å²) in [7, 11) is 176. The molecule has 257 valence electrons. The van der Waals surface area contributed by atoms with Gasteiger partial charge in [0, 0.05) is 0 Å². The molecule has 0 nitrogen and oxygen atoms in total. The summed E-state index contributed by atoms with van der Waals surface area (Å²) in [6.45, 7) is 1.51. The Labute approximate surface area is 442 Å². The Morgan fingerprint density at radius 3 is 0.857 bits per heavy atom. The van der Waals surface area contributed by atoms with Gasteiger partial charge in [-0.3, -0.25) is 0 Å². The summed E-state index contributed by atoms with van der Waals surface area (Å²) in [4.78, 5) is 0. The van der Waals surface area contributed by atoms with Gasteiger partial charge in [-0.15, -0.1) is 0 Å². The van der Waals surface area contributed by atoms with E-state index >= 15 is 0 Å². The zero-order valence-electron chi connectivity index (χ0n) is 37.5. The van der Waals surface area contributed by atoms with Gasteiger partial charge in [0.2, 0.25) is 0 Å². The van der Waals surface area contributed by atoms with Crippen LogP contribution < -0.4 is 120 Å². The van der Waals surface area contributed by atoms with Crippen molar-refractivity contribution in [1.29, 1.82) is 0 Å². The molecular weight excluding hydrogens is 810 g/mol. The van der Waals surface area contributed by atoms with E-state index in [0.29, 0.717) is 16.2 Å². The van der Waals surface area contributed by atoms with Crippen LogP contribution in [0.3, 0.4) is 0 Å². The quantitative estimate of drug-likeness (QED) is 0.0923. The zero-order valence-corrected chi connectivity index (χ0v) is 37.5. The van der Waals surface area contributed by atoms with Crippen LogP contribution in [0.15, 0.2) is 16.4 Å². The van der Waals surface area contributed by atoms with E-state index in [2.05, 4.69) is 0 Å². The van der Waals surface area contributed by atoms with Gasteiger partial charge in [-0.1, -0.05) is 0 Å². The molecule has 26 heteroatoms. The Bertz CT molecular complexity index is 4020. The summed E-state index contributed by atoms with van der Waals surface area (Å²) in [5.41, 5.74) is -2.62. The maximum atomic E-state index is 7.14. The fourth-order valence-corrected chi connectivity index (χ4v) is 10.3. The van der Waals surface area contributed by atoms with Crippen LogP contribution in [0.4, 0.5) is 0 Å². The predicted octanol–water partition coefficient (Wildman–Crippen LogP) is -16.6. The van der Waals surface area contributed by atoms with Crippen LogP contribution in [0, 0.1) is 0 Å². The van der Waals surface area contributed by atoms with E-state index in [-0.39, 0.29) is 218 Å². The van der Waals surface area contributed by atoms with Gasteiger partial charge in [0.25, 0.3) is 0 Å². The van der Waals surface area contributed by atoms with E-state index in [1.165, 1.54) is 6.92 Å². The Kier molecular flexibility index (Phi) is 12.5. The van der Waals surface area contributed by atoms with Crippen LogP contribution in [0.5, 0.6) is 0 Å². The van der Waals surface area contributed by atoms with E-state index in [0.717, 1.165) is 0 Å². The van der Waals surface area contributed by atoms with Gasteiger partial charge < -0.3 is 0 Å². The summed E-state index contributed by atoms with van der Waals surface area (Å²) < 4.78 is 0. The summed E-state index contributed by atoms with van der Waals surface area (Å²) in [6, 6.07) is 0. The van der Waals surface area contributed by atoms with E-state index in [4.69, 9.17) is 204 Å². The Hall–Kier alpha value is -3.90. The number of hydrogen-bond donors (Lipinski definition) is 0. The number of allylic oxidation sites excluding steroid dienone is 4. The molecule has 9 aromatic rings. The van der Waals surface area contributed by atoms with Crippen LogP contribution in [-0.2, 0) is 0 Å². The average molecular weight is 813 g/mol. The molecule has 0 aliphatic heterocycles. The topological polar surface area (TPSA) is 0 Å². The third-order valence-corrected chi connectivity index (χ3v) is 13.9. The van der Waals surface area contributed by atoms with Gasteiger partial charge in [0.05, 0.1) is 0 Å². The predicted molar refractivity (Wildman–Crippen MR) is 331 cm³/mol. The van der Waals surface area contributed by atoms with Crippen molar-refractivity contribution in [3.63, 3.8) is 0 Å². The molecule has 0 aliphatic carbocycles. The summed E-state index contributed by atoms with van der Waals surface area (Å²) >= 11 is 0. The van der Waals surface area contributed by atoms with Gasteiger partial charge in [-0.05, 0) is 0 Å². The molecule has 0 N–H and O–H groups in total. The van der Waals surface area contributed by atoms with Crippen molar-refractivity contribution in [1.82, 2.24) is 0 Å². The first-order chi connectivity index (χ1) is 32.6. The van der Waals surface area contributed by atoms with E-state index in [1.54, 1.807) is 0 Å². The van der Waals surface area contributed by atoms with Crippen molar-refractivity contribution >= 4 is 399 Å². The molecule has 9 rings (SSSR count). The van der Waals surface area contributed by atoms with Crippen molar-refractivity contribution in [3.05, 3.63) is 27.5 Å². The number of benzene rings is 9. The Balaban J connectivity index is 1.41. The van der Waals surface area contributed by atoms with Crippen molar-refractivity contribution in [2.75, 3.05) is 0 Å². The third-order valence-electron chi connectivity index (χ3n) is 13.9. The van der Waals surface area contributed by atoms with Crippen molar-refractivity contribution in [2.45, 2.75) is 6.92 Å². The first-order valence-corrected chi connectivity index (χ1v) is 20.8. The van der Waals surface area contributed by atoms with Gasteiger partial charge in [0.1, 0.15) is 0 Å². The van der Waals surface area contributed by atoms with Gasteiger partial charge >= 0.3 is 445 Å². The summed E-state index contributed by atoms with van der Waals surface area (Å²) in [5.74, 6) is 0. The molecule has 0 amide bonds. The SMILES string of the molecule is [B]/C(C(=[B])c1c([B])c([B])c([B])c([B])c1-c1c([B])c([B])c2c([B])c([B])c3c([B])c([B])c([B])c4c([B])c([B])c1c2c34)=C([B])/C(=C(/[B])C)c1c([B])c([B])c2c([B])c([B])c3c([B])c([B])c([B])c4c([B])c([B])c1c2c34. The molecule has 0 aromatic heterocycles. The molecule has 70 heavy (non-hydrogen) atoms. The first-order valence-electron chi connectivity index (χ1n) is 20.8. The second-order valence-corrected chi connectivity index (χ2v) is 17.4. The molecule has 0 spiro atoms. The molecule has 0 unspecified atom stereocenters. The standard InChI is InChI=1S/C44H3B26/c1-2(45)3(8-9-4-6-15(28(54)22(9)48)34(60)41(67)36(62)17(6)32(58)30(56)13(4)26(52)21(8)47)20(46)40(66)38(64)19-12(25(51)43(69)44(70)39(19)65)11-10-5-7-16(29(55)23(10)49)35(61)42(68)37(63)18(7)33(59)31(57)14(5)27(53)24(11)50/h1H3/b3-2+,40-20-. The molecule has 0 bridgehead atoms. The first kappa shape index (κ1) is 51.0. The third kappa shape index (κ3) is 6.37. The van der Waals surface area contributed by atoms with Gasteiger partial charge in [-0.2, -0.15) is 0 Å². The average Bonchev–Trinajstić information content (AvgIpc) is 3.31. The number of hydrogen-bond acceptors (Lipinski definition) is 0. The van der Waals surface area contributed by atoms with E-state index < -0.39 is 0 Å². The molecule has 0 saturated carbocycles. The molecule has 51 radical (unpaired) electrons. The van der Waals surface area contributed by atoms with Crippen molar-refractivity contribution in [2.24, 2.45) is 0 Å². The molecule has 0 atom stereocenters. The molecule has 0 fully saturated rings. The Morgan fingerprint density at radius 2 is 0.471 bits per heavy atom. The minimum atomic E-state index is -0.374. The van der Waals surface area contributed by atoms with Crippen molar-refractivity contribution < 1.29 is 0 Å². The molecule has 0 aliphatic rings. The fraction of sp³-hybridized carbons (Fsp3) is 0.0227. The normalized spacial score (nSPS) is 12.9. The number of rotatable bonds is 5. The molecule has 9 aromatic carbocycles. The van der Waals surface area contributed by atoms with Crippen LogP contribution in [0.2, 0.25) is 0 Å². The minimum absolute atomic E-state index is 0.00282. The van der Waals surface area contributed by atoms with E-state index in [9.17, 15) is 0 Å². The molecule has 0 saturated heterocycles. The molecular formula is C44H3B26. The second kappa shape index (κ2) is 17.1. The van der Waals surface area contributed by atoms with Crippen LogP contribution >= 0.6 is 0 Å². The zero-order chi connectivity index (χ0) is 51.8. The maximum absolute atomic E-state index is 7.14. The van der Waals surface area contributed by atoms with Gasteiger partial charge in [0.15, 0.2) is 0 Å². The molecule has 0 heterocycles. The van der Waals surface area contributed by atoms with Crippen molar-refractivity contribution in [3.8, 4) is 11.1 Å². The summed E-state index contributed by atoms with van der Waals surface area (Å²) in [6.07, 6.45) is 0. The Morgan fingerprint density at radius 1 is 0.229 bits per heavy atom. The van der Waals surface area contributed by atoms with Crippen LogP contribution in [0.1, 0.15) is 18.1 Å². The van der Waals surface area contributed by atoms with Gasteiger partial charge in [-0.25, -0.2) is 0 Å². The monoisotopic (exact) mass is 817 g/mol. The van der Waals surface area contributed by atoms with Crippen LogP contribution in [-0.4, -0.2) is 209 Å². The van der Waals surface area contributed by atoms with Crippen LogP contribution in [0.25, 0.3) is 81.3 Å². The second-order valence-electron chi connectivity index (χ2n) is 17.4.